The molecule has 4 nitrogen and oxygen atoms in total. The highest BCUT2D eigenvalue weighted by Crippen LogP contribution is 2.27. The number of aromatic nitrogens is 1. The van der Waals surface area contributed by atoms with Crippen molar-refractivity contribution in [1.29, 1.82) is 0 Å². The molecule has 0 atom stereocenters. The minimum atomic E-state index is 0.700. The molecule has 1 saturated carbocycles. The number of anilines is 2. The summed E-state index contributed by atoms with van der Waals surface area (Å²) in [7, 11) is 0. The lowest BCUT2D eigenvalue weighted by Gasteiger charge is -2.11. The number of hydrogen-bond acceptors (Lipinski definition) is 4. The lowest BCUT2D eigenvalue weighted by atomic mass is 10.0. The van der Waals surface area contributed by atoms with Gasteiger partial charge in [-0.3, -0.25) is 0 Å². The third-order valence-corrected chi connectivity index (χ3v) is 3.26. The molecule has 1 aromatic rings. The fourth-order valence-corrected chi connectivity index (χ4v) is 2.34. The predicted molar refractivity (Wildman–Crippen MR) is 67.1 cm³/mol. The van der Waals surface area contributed by atoms with Gasteiger partial charge < -0.3 is 10.7 Å². The molecule has 0 saturated heterocycles. The van der Waals surface area contributed by atoms with Gasteiger partial charge in [-0.05, 0) is 18.4 Å². The molecule has 1 heterocycles. The molecule has 0 aliphatic heterocycles. The Morgan fingerprint density at radius 1 is 1.38 bits per heavy atom. The van der Waals surface area contributed by atoms with Gasteiger partial charge in [0.2, 0.25) is 0 Å². The zero-order chi connectivity index (χ0) is 11.2. The van der Waals surface area contributed by atoms with Gasteiger partial charge in [0.25, 0.3) is 0 Å². The van der Waals surface area contributed by atoms with Crippen LogP contribution in [0.5, 0.6) is 0 Å². The monoisotopic (exact) mass is 220 g/mol. The van der Waals surface area contributed by atoms with Crippen molar-refractivity contribution in [3.63, 3.8) is 0 Å². The fraction of sp³-hybridized carbons (Fsp3) is 0.583. The molecule has 4 heteroatoms. The maximum Gasteiger partial charge on any atom is 0.141 e. The zero-order valence-corrected chi connectivity index (χ0v) is 9.58. The van der Waals surface area contributed by atoms with Crippen molar-refractivity contribution in [2.75, 3.05) is 17.3 Å². The quantitative estimate of drug-likeness (QED) is 0.526. The summed E-state index contributed by atoms with van der Waals surface area (Å²) >= 11 is 0. The summed E-state index contributed by atoms with van der Waals surface area (Å²) in [5, 5.41) is 3.41. The average Bonchev–Trinajstić information content (AvgIpc) is 2.82. The number of hydrazine groups is 1. The van der Waals surface area contributed by atoms with E-state index in [1.54, 1.807) is 6.20 Å². The molecule has 0 bridgehead atoms. The molecule has 0 aromatic carbocycles. The topological polar surface area (TPSA) is 63.0 Å². The Hall–Kier alpha value is -1.29. The van der Waals surface area contributed by atoms with Crippen LogP contribution in [0.2, 0.25) is 0 Å². The maximum atomic E-state index is 5.31. The van der Waals surface area contributed by atoms with Crippen LogP contribution in [0.25, 0.3) is 0 Å². The molecule has 0 radical (unpaired) electrons. The Balaban J connectivity index is 1.75. The van der Waals surface area contributed by atoms with Crippen molar-refractivity contribution in [1.82, 2.24) is 4.98 Å². The number of hydrogen-bond donors (Lipinski definition) is 3. The maximum absolute atomic E-state index is 5.31. The standard InChI is InChI=1S/C12H20N4/c13-16-12-9-11(6-8-15-12)14-7-5-10-3-1-2-4-10/h6,8-10H,1-5,7,13H2,(H2,14,15,16). The van der Waals surface area contributed by atoms with E-state index in [2.05, 4.69) is 15.7 Å². The highest BCUT2D eigenvalue weighted by molar-refractivity contribution is 5.51. The van der Waals surface area contributed by atoms with E-state index in [1.807, 2.05) is 12.1 Å². The van der Waals surface area contributed by atoms with Crippen LogP contribution in [-0.4, -0.2) is 11.5 Å². The van der Waals surface area contributed by atoms with Crippen molar-refractivity contribution in [2.24, 2.45) is 11.8 Å². The van der Waals surface area contributed by atoms with Gasteiger partial charge in [-0.25, -0.2) is 10.8 Å². The Bertz CT molecular complexity index is 321. The van der Waals surface area contributed by atoms with Crippen molar-refractivity contribution in [3.05, 3.63) is 18.3 Å². The Labute approximate surface area is 96.6 Å². The number of pyridine rings is 1. The molecular formula is C12H20N4. The van der Waals surface area contributed by atoms with Gasteiger partial charge >= 0.3 is 0 Å². The van der Waals surface area contributed by atoms with Gasteiger partial charge in [0.05, 0.1) is 0 Å². The lowest BCUT2D eigenvalue weighted by molar-refractivity contribution is 0.518. The molecule has 1 aliphatic carbocycles. The Morgan fingerprint density at radius 3 is 2.94 bits per heavy atom. The molecule has 1 aliphatic rings. The number of nitrogens with two attached hydrogens (primary N) is 1. The molecular weight excluding hydrogens is 200 g/mol. The number of nitrogens with zero attached hydrogens (tertiary/aromatic N) is 1. The SMILES string of the molecule is NNc1cc(NCCC2CCCC2)ccn1. The van der Waals surface area contributed by atoms with Crippen LogP contribution < -0.4 is 16.6 Å². The van der Waals surface area contributed by atoms with E-state index >= 15 is 0 Å². The second kappa shape index (κ2) is 5.70. The van der Waals surface area contributed by atoms with Gasteiger partial charge in [-0.2, -0.15) is 0 Å². The first-order chi connectivity index (χ1) is 7.88. The molecule has 16 heavy (non-hydrogen) atoms. The van der Waals surface area contributed by atoms with E-state index in [0.29, 0.717) is 5.82 Å². The molecule has 88 valence electrons. The molecule has 2 rings (SSSR count). The number of nitrogens with one attached hydrogen (secondary N) is 2. The van der Waals surface area contributed by atoms with Crippen LogP contribution >= 0.6 is 0 Å². The highest BCUT2D eigenvalue weighted by Gasteiger charge is 2.13. The van der Waals surface area contributed by atoms with Gasteiger partial charge in [0.1, 0.15) is 5.82 Å². The van der Waals surface area contributed by atoms with Crippen LogP contribution in [-0.2, 0) is 0 Å². The lowest BCUT2D eigenvalue weighted by Crippen LogP contribution is -2.10. The van der Waals surface area contributed by atoms with E-state index in [1.165, 1.54) is 32.1 Å². The van der Waals surface area contributed by atoms with Crippen LogP contribution in [0.3, 0.4) is 0 Å². The predicted octanol–water partition coefficient (Wildman–Crippen LogP) is 2.36. The summed E-state index contributed by atoms with van der Waals surface area (Å²) in [6.07, 6.45) is 8.68. The summed E-state index contributed by atoms with van der Waals surface area (Å²) in [6.45, 7) is 1.04. The molecule has 1 fully saturated rings. The normalized spacial score (nSPS) is 16.3. The van der Waals surface area contributed by atoms with Gasteiger partial charge in [0, 0.05) is 24.5 Å². The van der Waals surface area contributed by atoms with E-state index in [9.17, 15) is 0 Å². The van der Waals surface area contributed by atoms with E-state index in [4.69, 9.17) is 5.84 Å². The fourth-order valence-electron chi connectivity index (χ4n) is 2.34. The second-order valence-electron chi connectivity index (χ2n) is 4.44. The smallest absolute Gasteiger partial charge is 0.141 e. The van der Waals surface area contributed by atoms with E-state index in [0.717, 1.165) is 18.2 Å². The minimum absolute atomic E-state index is 0.700. The molecule has 0 unspecified atom stereocenters. The highest BCUT2D eigenvalue weighted by atomic mass is 15.2. The van der Waals surface area contributed by atoms with Crippen molar-refractivity contribution < 1.29 is 0 Å². The van der Waals surface area contributed by atoms with Crippen LogP contribution in [0.15, 0.2) is 18.3 Å². The molecule has 0 spiro atoms. The zero-order valence-electron chi connectivity index (χ0n) is 9.58. The van der Waals surface area contributed by atoms with Crippen molar-refractivity contribution in [2.45, 2.75) is 32.1 Å². The summed E-state index contributed by atoms with van der Waals surface area (Å²) in [4.78, 5) is 4.07. The number of nitrogen functional groups attached to an aromatic ring is 1. The Kier molecular flexibility index (Phi) is 3.99. The third kappa shape index (κ3) is 3.10. The van der Waals surface area contributed by atoms with E-state index in [-0.39, 0.29) is 0 Å². The van der Waals surface area contributed by atoms with Crippen molar-refractivity contribution in [3.8, 4) is 0 Å². The first-order valence-electron chi connectivity index (χ1n) is 6.05. The van der Waals surface area contributed by atoms with Gasteiger partial charge in [-0.15, -0.1) is 0 Å². The van der Waals surface area contributed by atoms with Crippen LogP contribution in [0.1, 0.15) is 32.1 Å². The third-order valence-electron chi connectivity index (χ3n) is 3.26. The van der Waals surface area contributed by atoms with E-state index < -0.39 is 0 Å². The first-order valence-corrected chi connectivity index (χ1v) is 6.05. The Morgan fingerprint density at radius 2 is 2.19 bits per heavy atom. The van der Waals surface area contributed by atoms with Crippen molar-refractivity contribution >= 4 is 11.5 Å². The number of rotatable bonds is 5. The molecule has 0 amide bonds. The van der Waals surface area contributed by atoms with Crippen LogP contribution in [0.4, 0.5) is 11.5 Å². The molecule has 4 N–H and O–H groups in total. The van der Waals surface area contributed by atoms with Gasteiger partial charge in [-0.1, -0.05) is 25.7 Å². The minimum Gasteiger partial charge on any atom is -0.385 e. The summed E-state index contributed by atoms with van der Waals surface area (Å²) in [6, 6.07) is 3.89. The summed E-state index contributed by atoms with van der Waals surface area (Å²) in [5.74, 6) is 6.94. The second-order valence-corrected chi connectivity index (χ2v) is 4.44. The summed E-state index contributed by atoms with van der Waals surface area (Å²) < 4.78 is 0. The molecule has 1 aromatic heterocycles. The summed E-state index contributed by atoms with van der Waals surface area (Å²) in [5.41, 5.74) is 3.63. The average molecular weight is 220 g/mol. The largest absolute Gasteiger partial charge is 0.385 e. The van der Waals surface area contributed by atoms with Crippen LogP contribution in [0, 0.1) is 5.92 Å². The van der Waals surface area contributed by atoms with Gasteiger partial charge in [0.15, 0.2) is 0 Å². The first kappa shape index (κ1) is 11.2.